The number of allylic oxidation sites excluding steroid dienone is 6. The van der Waals surface area contributed by atoms with Gasteiger partial charge < -0.3 is 14.8 Å². The van der Waals surface area contributed by atoms with E-state index in [1.54, 1.807) is 127 Å². The normalized spacial score (nSPS) is 11.9. The van der Waals surface area contributed by atoms with E-state index in [2.05, 4.69) is 9.72 Å². The second-order valence-electron chi connectivity index (χ2n) is 15.1. The van der Waals surface area contributed by atoms with Gasteiger partial charge in [0.25, 0.3) is 30.1 Å². The number of benzene rings is 3. The molecule has 0 amide bonds. The van der Waals surface area contributed by atoms with Gasteiger partial charge in [0.05, 0.1) is 28.4 Å². The number of aldehydes is 2. The van der Waals surface area contributed by atoms with Crippen LogP contribution in [0.25, 0.3) is 24.3 Å². The first-order chi connectivity index (χ1) is 34.4. The Labute approximate surface area is 420 Å². The quantitative estimate of drug-likeness (QED) is 0.0404. The van der Waals surface area contributed by atoms with E-state index in [0.29, 0.717) is 17.4 Å². The van der Waals surface area contributed by atoms with Crippen LogP contribution >= 0.6 is 0 Å². The molecule has 18 heteroatoms. The Morgan fingerprint density at radius 3 is 1.28 bits per heavy atom. The zero-order valence-electron chi connectivity index (χ0n) is 39.7. The van der Waals surface area contributed by atoms with Crippen LogP contribution in [-0.2, 0) is 49.2 Å². The molecule has 374 valence electrons. The molecule has 72 heavy (non-hydrogen) atoms. The zero-order valence-corrected chi connectivity index (χ0v) is 42.2. The summed E-state index contributed by atoms with van der Waals surface area (Å²) in [7, 11) is -9.40. The molecular formula is C54H54N4O11S3. The monoisotopic (exact) mass is 1030 g/mol. The third-order valence-electron chi connectivity index (χ3n) is 9.69. The number of aryl methyl sites for hydroxylation is 3. The summed E-state index contributed by atoms with van der Waals surface area (Å²) in [6.45, 7) is 5.63. The zero-order chi connectivity index (χ0) is 52.6. The van der Waals surface area contributed by atoms with Crippen LogP contribution in [0.1, 0.15) is 38.9 Å². The molecule has 3 aromatic carbocycles. The fraction of sp³-hybridized carbons (Fsp3) is 0.0926. The van der Waals surface area contributed by atoms with Crippen LogP contribution in [0, 0.1) is 20.8 Å². The van der Waals surface area contributed by atoms with Gasteiger partial charge in [-0.3, -0.25) is 9.59 Å². The van der Waals surface area contributed by atoms with Crippen LogP contribution < -0.4 is 0 Å². The van der Waals surface area contributed by atoms with E-state index in [9.17, 15) is 39.6 Å². The molecule has 0 atom stereocenters. The number of aromatic nitrogens is 4. The molecule has 15 nitrogen and oxygen atoms in total. The van der Waals surface area contributed by atoms with Gasteiger partial charge >= 0.3 is 5.97 Å². The summed E-state index contributed by atoms with van der Waals surface area (Å²) in [6, 6.07) is 27.0. The van der Waals surface area contributed by atoms with Crippen LogP contribution in [0.15, 0.2) is 210 Å². The molecule has 0 aliphatic rings. The van der Waals surface area contributed by atoms with Crippen molar-refractivity contribution in [3.8, 4) is 0 Å². The minimum Gasteiger partial charge on any atom is -0.466 e. The Morgan fingerprint density at radius 1 is 0.514 bits per heavy atom. The van der Waals surface area contributed by atoms with Gasteiger partial charge in [0.15, 0.2) is 0 Å². The number of H-pyrrole nitrogens is 1. The molecule has 0 aliphatic carbocycles. The predicted molar refractivity (Wildman–Crippen MR) is 281 cm³/mol. The average Bonchev–Trinajstić information content (AvgIpc) is 4.24. The van der Waals surface area contributed by atoms with Gasteiger partial charge in [-0.1, -0.05) is 108 Å². The number of nitrogens with one attached hydrogen (secondary N) is 1. The summed E-state index contributed by atoms with van der Waals surface area (Å²) < 4.78 is 82.2. The Morgan fingerprint density at radius 2 is 0.903 bits per heavy atom. The predicted octanol–water partition coefficient (Wildman–Crippen LogP) is 8.84. The van der Waals surface area contributed by atoms with Gasteiger partial charge in [-0.15, -0.1) is 0 Å². The first-order valence-electron chi connectivity index (χ1n) is 21.7. The molecule has 0 aliphatic heterocycles. The topological polar surface area (TPSA) is 214 Å². The number of methoxy groups -OCH3 is 1. The third kappa shape index (κ3) is 17.4. The lowest BCUT2D eigenvalue weighted by Crippen LogP contribution is -2.10. The maximum atomic E-state index is 12.5. The highest BCUT2D eigenvalue weighted by Crippen LogP contribution is 2.19. The van der Waals surface area contributed by atoms with E-state index in [1.165, 1.54) is 76.5 Å². The molecule has 0 saturated heterocycles. The van der Waals surface area contributed by atoms with Gasteiger partial charge in [0.1, 0.15) is 12.6 Å². The fourth-order valence-corrected chi connectivity index (χ4v) is 9.46. The average molecular weight is 1030 g/mol. The summed E-state index contributed by atoms with van der Waals surface area (Å²) in [4.78, 5) is 34.6. The van der Waals surface area contributed by atoms with Gasteiger partial charge in [0.2, 0.25) is 0 Å². The van der Waals surface area contributed by atoms with Crippen molar-refractivity contribution in [2.75, 3.05) is 13.7 Å². The summed E-state index contributed by atoms with van der Waals surface area (Å²) >= 11 is 0. The molecule has 4 aromatic heterocycles. The Kier molecular flexibility index (Phi) is 21.9. The Bertz CT molecular complexity index is 3370. The van der Waals surface area contributed by atoms with Crippen molar-refractivity contribution in [1.29, 1.82) is 0 Å². The van der Waals surface area contributed by atoms with E-state index in [0.717, 1.165) is 38.1 Å². The largest absolute Gasteiger partial charge is 0.466 e. The first-order valence-corrected chi connectivity index (χ1v) is 26.0. The molecule has 4 heterocycles. The smallest absolute Gasteiger partial charge is 0.330 e. The van der Waals surface area contributed by atoms with Crippen molar-refractivity contribution >= 4 is 72.9 Å². The summed E-state index contributed by atoms with van der Waals surface area (Å²) in [5, 5.41) is 8.69. The lowest BCUT2D eigenvalue weighted by Gasteiger charge is -2.05. The SMILES string of the molecule is COC(=O)/C=C/C=C/c1ccn(S(=O)(=O)c2ccc(C)cc2)c1.Cc1ccc(S(=O)(=O)n2ccc(/C=C/C=O)c2)cc1.Cc1ccc(S(=O)(=O)n2ccc(/C=C/CO)c2)cc1.O=C/C=C/C=C/c1cc[nH]c1. The van der Waals surface area contributed by atoms with Gasteiger partial charge in [-0.25, -0.2) is 42.0 Å². The van der Waals surface area contributed by atoms with Crippen LogP contribution in [0.3, 0.4) is 0 Å². The van der Waals surface area contributed by atoms with Gasteiger partial charge in [0, 0.05) is 55.7 Å². The number of nitrogens with zero attached hydrogens (tertiary/aromatic N) is 3. The molecule has 0 fully saturated rings. The number of aromatic amines is 1. The lowest BCUT2D eigenvalue weighted by atomic mass is 10.2. The van der Waals surface area contributed by atoms with Crippen molar-refractivity contribution < 1.29 is 49.5 Å². The molecule has 0 saturated carbocycles. The molecule has 2 N–H and O–H groups in total. The minimum atomic E-state index is -3.59. The van der Waals surface area contributed by atoms with Gasteiger partial charge in [-0.05, 0) is 116 Å². The van der Waals surface area contributed by atoms with Crippen LogP contribution in [0.5, 0.6) is 0 Å². The highest BCUT2D eigenvalue weighted by atomic mass is 32.2. The summed E-state index contributed by atoms with van der Waals surface area (Å²) in [5.74, 6) is -0.450. The molecule has 0 spiro atoms. The summed E-state index contributed by atoms with van der Waals surface area (Å²) in [6.07, 6.45) is 33.1. The number of carbonyl (C=O) groups excluding carboxylic acids is 3. The fourth-order valence-electron chi connectivity index (χ4n) is 5.84. The number of ether oxygens (including phenoxy) is 1. The van der Waals surface area contributed by atoms with Crippen LogP contribution in [-0.4, -0.2) is 79.5 Å². The number of hydrogen-bond acceptors (Lipinski definition) is 11. The number of hydrogen-bond donors (Lipinski definition) is 2. The maximum absolute atomic E-state index is 12.5. The number of aliphatic hydroxyl groups excluding tert-OH is 1. The Hall–Kier alpha value is -8.16. The molecule has 7 rings (SSSR count). The third-order valence-corrected chi connectivity index (χ3v) is 14.6. The van der Waals surface area contributed by atoms with Crippen molar-refractivity contribution in [1.82, 2.24) is 16.9 Å². The van der Waals surface area contributed by atoms with E-state index in [1.807, 2.05) is 51.4 Å². The van der Waals surface area contributed by atoms with Crippen molar-refractivity contribution in [2.24, 2.45) is 0 Å². The van der Waals surface area contributed by atoms with Crippen LogP contribution in [0.2, 0.25) is 0 Å². The highest BCUT2D eigenvalue weighted by Gasteiger charge is 2.18. The number of esters is 1. The van der Waals surface area contributed by atoms with Crippen molar-refractivity contribution in [2.45, 2.75) is 35.5 Å². The number of rotatable bonds is 16. The lowest BCUT2D eigenvalue weighted by molar-refractivity contribution is -0.134. The second-order valence-corrected chi connectivity index (χ2v) is 20.7. The van der Waals surface area contributed by atoms with Gasteiger partial charge in [-0.2, -0.15) is 0 Å². The molecular weight excluding hydrogens is 977 g/mol. The molecule has 0 radical (unpaired) electrons. The van der Waals surface area contributed by atoms with E-state index < -0.39 is 36.0 Å². The Balaban J connectivity index is 0.000000214. The molecule has 0 unspecified atom stereocenters. The van der Waals surface area contributed by atoms with E-state index in [-0.39, 0.29) is 21.3 Å². The number of aliphatic hydroxyl groups is 1. The molecule has 0 bridgehead atoms. The summed E-state index contributed by atoms with van der Waals surface area (Å²) in [5.41, 5.74) is 6.19. The first kappa shape index (κ1) is 56.4. The number of carbonyl (C=O) groups is 3. The van der Waals surface area contributed by atoms with Crippen molar-refractivity contribution in [3.05, 3.63) is 234 Å². The standard InChI is InChI=1S/C17H17NO4S.C14H15NO3S.C14H13NO3S.C9H9NO/c1-14-7-9-16(10-8-14)23(20,21)18-12-11-15(13-18)5-3-4-6-17(19)22-2;2*1-12-4-6-14(7-5-12)19(17,18)15-9-8-13(11-15)3-2-10-16;11-7-3-1-2-4-9-5-6-10-8-9/h3-13H,1-2H3;2-9,11,16H,10H2,1H3;2-11H,1H3;1-8,10H/b5-3+,6-4+;2*3-2+;3-1+,4-2+. The second kappa shape index (κ2) is 27.9. The highest BCUT2D eigenvalue weighted by molar-refractivity contribution is 7.90. The van der Waals surface area contributed by atoms with Crippen molar-refractivity contribution in [3.63, 3.8) is 0 Å². The van der Waals surface area contributed by atoms with E-state index in [4.69, 9.17) is 5.11 Å². The molecule has 7 aromatic rings. The van der Waals surface area contributed by atoms with E-state index >= 15 is 0 Å². The maximum Gasteiger partial charge on any atom is 0.330 e. The van der Waals surface area contributed by atoms with Crippen LogP contribution in [0.4, 0.5) is 0 Å². The minimum absolute atomic E-state index is 0.0735.